The van der Waals surface area contributed by atoms with Gasteiger partial charge in [0.05, 0.1) is 13.0 Å². The molecule has 1 atom stereocenters. The van der Waals surface area contributed by atoms with E-state index in [0.717, 1.165) is 12.0 Å². The van der Waals surface area contributed by atoms with E-state index in [2.05, 4.69) is 5.32 Å². The van der Waals surface area contributed by atoms with Crippen LogP contribution in [0.3, 0.4) is 0 Å². The van der Waals surface area contributed by atoms with Gasteiger partial charge in [0.1, 0.15) is 6.61 Å². The molecule has 1 aromatic rings. The smallest absolute Gasteiger partial charge is 0.407 e. The standard InChI is InChI=1S/C17H25NO5/c1-2-10-22-12-15(11-16(19)20)8-9-18-17(21)23-13-14-6-4-3-5-7-14/h3-7,15H,2,8-13H2,1H3,(H,18,21)(H,19,20). The highest BCUT2D eigenvalue weighted by atomic mass is 16.5. The highest BCUT2D eigenvalue weighted by molar-refractivity contribution is 5.67. The minimum absolute atomic E-state index is 0.0322. The van der Waals surface area contributed by atoms with E-state index in [0.29, 0.717) is 26.2 Å². The molecule has 1 amide bonds. The number of benzene rings is 1. The Hall–Kier alpha value is -2.08. The summed E-state index contributed by atoms with van der Waals surface area (Å²) >= 11 is 0. The van der Waals surface area contributed by atoms with Gasteiger partial charge in [0, 0.05) is 13.2 Å². The summed E-state index contributed by atoms with van der Waals surface area (Å²) in [6.45, 7) is 3.58. The molecule has 0 spiro atoms. The maximum absolute atomic E-state index is 11.6. The van der Waals surface area contributed by atoms with Crippen LogP contribution in [-0.4, -0.2) is 36.9 Å². The fraction of sp³-hybridized carbons (Fsp3) is 0.529. The van der Waals surface area contributed by atoms with Gasteiger partial charge in [-0.2, -0.15) is 0 Å². The fourth-order valence-electron chi connectivity index (χ4n) is 2.04. The summed E-state index contributed by atoms with van der Waals surface area (Å²) in [5.74, 6) is -0.977. The molecule has 0 aliphatic heterocycles. The van der Waals surface area contributed by atoms with Crippen LogP contribution in [0.4, 0.5) is 4.79 Å². The molecule has 0 heterocycles. The minimum atomic E-state index is -0.859. The van der Waals surface area contributed by atoms with Crippen molar-refractivity contribution in [3.05, 3.63) is 35.9 Å². The molecule has 0 aliphatic carbocycles. The summed E-state index contributed by atoms with van der Waals surface area (Å²) in [5.41, 5.74) is 0.916. The number of aliphatic carboxylic acids is 1. The van der Waals surface area contributed by atoms with E-state index in [1.165, 1.54) is 0 Å². The van der Waals surface area contributed by atoms with Gasteiger partial charge < -0.3 is 19.9 Å². The van der Waals surface area contributed by atoms with Crippen LogP contribution in [-0.2, 0) is 20.9 Å². The van der Waals surface area contributed by atoms with Crippen molar-refractivity contribution in [3.8, 4) is 0 Å². The van der Waals surface area contributed by atoms with Gasteiger partial charge in [-0.25, -0.2) is 4.79 Å². The number of hydrogen-bond donors (Lipinski definition) is 2. The zero-order valence-electron chi connectivity index (χ0n) is 13.5. The Bertz CT molecular complexity index is 463. The van der Waals surface area contributed by atoms with E-state index in [4.69, 9.17) is 14.6 Å². The first-order chi connectivity index (χ1) is 11.1. The molecular weight excluding hydrogens is 298 g/mol. The van der Waals surface area contributed by atoms with E-state index in [9.17, 15) is 9.59 Å². The minimum Gasteiger partial charge on any atom is -0.481 e. The molecular formula is C17H25NO5. The van der Waals surface area contributed by atoms with Crippen LogP contribution in [0.1, 0.15) is 31.7 Å². The van der Waals surface area contributed by atoms with Crippen LogP contribution >= 0.6 is 0 Å². The van der Waals surface area contributed by atoms with Crippen LogP contribution in [0, 0.1) is 5.92 Å². The molecule has 0 fully saturated rings. The molecule has 1 rings (SSSR count). The molecule has 0 aromatic heterocycles. The zero-order chi connectivity index (χ0) is 16.9. The van der Waals surface area contributed by atoms with Gasteiger partial charge in [-0.1, -0.05) is 37.3 Å². The molecule has 2 N–H and O–H groups in total. The Morgan fingerprint density at radius 2 is 2.00 bits per heavy atom. The predicted molar refractivity (Wildman–Crippen MR) is 86.1 cm³/mol. The lowest BCUT2D eigenvalue weighted by Gasteiger charge is -2.15. The fourth-order valence-corrected chi connectivity index (χ4v) is 2.04. The van der Waals surface area contributed by atoms with Gasteiger partial charge in [-0.05, 0) is 24.3 Å². The molecule has 128 valence electrons. The Labute approximate surface area is 136 Å². The van der Waals surface area contributed by atoms with Crippen LogP contribution in [0.2, 0.25) is 0 Å². The lowest BCUT2D eigenvalue weighted by molar-refractivity contribution is -0.138. The van der Waals surface area contributed by atoms with E-state index in [1.54, 1.807) is 0 Å². The van der Waals surface area contributed by atoms with Crippen molar-refractivity contribution in [3.63, 3.8) is 0 Å². The average Bonchev–Trinajstić information content (AvgIpc) is 2.53. The zero-order valence-corrected chi connectivity index (χ0v) is 13.5. The van der Waals surface area contributed by atoms with Gasteiger partial charge in [0.15, 0.2) is 0 Å². The topological polar surface area (TPSA) is 84.9 Å². The van der Waals surface area contributed by atoms with Gasteiger partial charge in [0.25, 0.3) is 0 Å². The third kappa shape index (κ3) is 9.52. The van der Waals surface area contributed by atoms with Crippen LogP contribution in [0.25, 0.3) is 0 Å². The Morgan fingerprint density at radius 3 is 2.65 bits per heavy atom. The molecule has 1 aromatic carbocycles. The summed E-state index contributed by atoms with van der Waals surface area (Å²) in [6, 6.07) is 9.40. The highest BCUT2D eigenvalue weighted by Crippen LogP contribution is 2.09. The molecule has 0 radical (unpaired) electrons. The molecule has 6 heteroatoms. The van der Waals surface area contributed by atoms with Gasteiger partial charge in [-0.3, -0.25) is 4.79 Å². The van der Waals surface area contributed by atoms with Crippen LogP contribution in [0.5, 0.6) is 0 Å². The quantitative estimate of drug-likeness (QED) is 0.612. The van der Waals surface area contributed by atoms with Crippen molar-refractivity contribution < 1.29 is 24.2 Å². The molecule has 0 bridgehead atoms. The maximum atomic E-state index is 11.6. The predicted octanol–water partition coefficient (Wildman–Crippen LogP) is 2.82. The van der Waals surface area contributed by atoms with Crippen LogP contribution in [0.15, 0.2) is 30.3 Å². The van der Waals surface area contributed by atoms with Crippen LogP contribution < -0.4 is 5.32 Å². The molecule has 0 saturated carbocycles. The number of alkyl carbamates (subject to hydrolysis) is 1. The molecule has 1 unspecified atom stereocenters. The molecule has 0 saturated heterocycles. The second-order valence-electron chi connectivity index (χ2n) is 5.32. The highest BCUT2D eigenvalue weighted by Gasteiger charge is 2.14. The number of amides is 1. The maximum Gasteiger partial charge on any atom is 0.407 e. The Morgan fingerprint density at radius 1 is 1.26 bits per heavy atom. The monoisotopic (exact) mass is 323 g/mol. The number of hydrogen-bond acceptors (Lipinski definition) is 4. The van der Waals surface area contributed by atoms with Crippen molar-refractivity contribution in [1.82, 2.24) is 5.32 Å². The van der Waals surface area contributed by atoms with Crippen molar-refractivity contribution in [2.75, 3.05) is 19.8 Å². The van der Waals surface area contributed by atoms with E-state index in [1.807, 2.05) is 37.3 Å². The summed E-state index contributed by atoms with van der Waals surface area (Å²) in [5, 5.41) is 11.5. The number of rotatable bonds is 11. The van der Waals surface area contributed by atoms with Crippen molar-refractivity contribution in [2.45, 2.75) is 32.8 Å². The van der Waals surface area contributed by atoms with E-state index >= 15 is 0 Å². The summed E-state index contributed by atoms with van der Waals surface area (Å²) in [7, 11) is 0. The van der Waals surface area contributed by atoms with Crippen molar-refractivity contribution in [1.29, 1.82) is 0 Å². The van der Waals surface area contributed by atoms with Crippen molar-refractivity contribution >= 4 is 12.1 Å². The first-order valence-electron chi connectivity index (χ1n) is 7.86. The second-order valence-corrected chi connectivity index (χ2v) is 5.32. The van der Waals surface area contributed by atoms with E-state index < -0.39 is 12.1 Å². The van der Waals surface area contributed by atoms with Gasteiger partial charge >= 0.3 is 12.1 Å². The van der Waals surface area contributed by atoms with E-state index in [-0.39, 0.29) is 18.9 Å². The SMILES string of the molecule is CCCOCC(CCNC(=O)OCc1ccccc1)CC(=O)O. The average molecular weight is 323 g/mol. The lowest BCUT2D eigenvalue weighted by Crippen LogP contribution is -2.28. The first kappa shape index (κ1) is 19.0. The number of carboxylic acid groups (broad SMARTS) is 1. The number of carbonyl (C=O) groups excluding carboxylic acids is 1. The number of nitrogens with one attached hydrogen (secondary N) is 1. The number of carboxylic acids is 1. The third-order valence-corrected chi connectivity index (χ3v) is 3.20. The Kier molecular flexibility index (Phi) is 9.47. The van der Waals surface area contributed by atoms with Gasteiger partial charge in [-0.15, -0.1) is 0 Å². The third-order valence-electron chi connectivity index (χ3n) is 3.20. The number of carbonyl (C=O) groups is 2. The van der Waals surface area contributed by atoms with Gasteiger partial charge in [0.2, 0.25) is 0 Å². The Balaban J connectivity index is 2.22. The summed E-state index contributed by atoms with van der Waals surface area (Å²) in [6.07, 6.45) is 0.961. The summed E-state index contributed by atoms with van der Waals surface area (Å²) in [4.78, 5) is 22.4. The lowest BCUT2D eigenvalue weighted by atomic mass is 10.0. The normalized spacial score (nSPS) is 11.7. The first-order valence-corrected chi connectivity index (χ1v) is 7.86. The molecule has 6 nitrogen and oxygen atoms in total. The summed E-state index contributed by atoms with van der Waals surface area (Å²) < 4.78 is 10.5. The van der Waals surface area contributed by atoms with Crippen molar-refractivity contribution in [2.24, 2.45) is 5.92 Å². The largest absolute Gasteiger partial charge is 0.481 e. The molecule has 0 aliphatic rings. The number of ether oxygens (including phenoxy) is 2. The molecule has 23 heavy (non-hydrogen) atoms. The second kappa shape index (κ2) is 11.5.